The lowest BCUT2D eigenvalue weighted by Crippen LogP contribution is -2.47. The van der Waals surface area contributed by atoms with E-state index in [1.807, 2.05) is 0 Å². The SMILES string of the molecule is CC1(C)C(C(=O)N2CCC3NCCC3C2)C1(C)C.Cl. The Morgan fingerprint density at radius 3 is 2.37 bits per heavy atom. The maximum Gasteiger partial charge on any atom is 0.226 e. The van der Waals surface area contributed by atoms with Crippen molar-refractivity contribution in [3.63, 3.8) is 0 Å². The zero-order valence-electron chi connectivity index (χ0n) is 12.5. The third kappa shape index (κ3) is 2.09. The van der Waals surface area contributed by atoms with Crippen LogP contribution in [0.2, 0.25) is 0 Å². The van der Waals surface area contributed by atoms with Crippen LogP contribution < -0.4 is 5.32 Å². The summed E-state index contributed by atoms with van der Waals surface area (Å²) in [6, 6.07) is 0.675. The number of fused-ring (bicyclic) bond motifs is 1. The van der Waals surface area contributed by atoms with Crippen molar-refractivity contribution >= 4 is 18.3 Å². The minimum Gasteiger partial charge on any atom is -0.342 e. The first-order chi connectivity index (χ1) is 8.35. The van der Waals surface area contributed by atoms with Crippen LogP contribution in [0.3, 0.4) is 0 Å². The Bertz CT molecular complexity index is 366. The smallest absolute Gasteiger partial charge is 0.226 e. The van der Waals surface area contributed by atoms with Crippen LogP contribution in [0.1, 0.15) is 40.5 Å². The van der Waals surface area contributed by atoms with Crippen LogP contribution >= 0.6 is 12.4 Å². The van der Waals surface area contributed by atoms with E-state index >= 15 is 0 Å². The summed E-state index contributed by atoms with van der Waals surface area (Å²) in [5.41, 5.74) is 0.351. The molecule has 2 aliphatic heterocycles. The molecule has 19 heavy (non-hydrogen) atoms. The number of hydrogen-bond acceptors (Lipinski definition) is 2. The lowest BCUT2D eigenvalue weighted by molar-refractivity contribution is -0.135. The summed E-state index contributed by atoms with van der Waals surface area (Å²) in [7, 11) is 0. The predicted octanol–water partition coefficient (Wildman–Crippen LogP) is 2.30. The van der Waals surface area contributed by atoms with Gasteiger partial charge in [0.25, 0.3) is 0 Å². The molecule has 2 atom stereocenters. The maximum absolute atomic E-state index is 12.7. The average Bonchev–Trinajstić information content (AvgIpc) is 2.69. The molecule has 3 fully saturated rings. The molecular weight excluding hydrogens is 260 g/mol. The largest absolute Gasteiger partial charge is 0.342 e. The van der Waals surface area contributed by atoms with E-state index in [9.17, 15) is 4.79 Å². The zero-order chi connectivity index (χ0) is 13.1. The van der Waals surface area contributed by atoms with Crippen molar-refractivity contribution in [3.8, 4) is 0 Å². The summed E-state index contributed by atoms with van der Waals surface area (Å²) >= 11 is 0. The van der Waals surface area contributed by atoms with Crippen LogP contribution in [0.25, 0.3) is 0 Å². The number of amides is 1. The van der Waals surface area contributed by atoms with E-state index in [0.717, 1.165) is 26.1 Å². The van der Waals surface area contributed by atoms with E-state index in [1.165, 1.54) is 6.42 Å². The Kier molecular flexibility index (Phi) is 3.68. The predicted molar refractivity (Wildman–Crippen MR) is 79.4 cm³/mol. The normalized spacial score (nSPS) is 35.5. The molecule has 1 saturated carbocycles. The van der Waals surface area contributed by atoms with Gasteiger partial charge in [-0.3, -0.25) is 4.79 Å². The number of rotatable bonds is 1. The summed E-state index contributed by atoms with van der Waals surface area (Å²) in [6.45, 7) is 12.0. The molecule has 0 aromatic rings. The van der Waals surface area contributed by atoms with Gasteiger partial charge < -0.3 is 10.2 Å². The molecule has 0 aromatic heterocycles. The molecule has 3 nitrogen and oxygen atoms in total. The van der Waals surface area contributed by atoms with Gasteiger partial charge in [-0.15, -0.1) is 12.4 Å². The number of nitrogens with one attached hydrogen (secondary N) is 1. The zero-order valence-corrected chi connectivity index (χ0v) is 13.3. The Labute approximate surface area is 122 Å². The van der Waals surface area contributed by atoms with Crippen LogP contribution in [0.5, 0.6) is 0 Å². The van der Waals surface area contributed by atoms with E-state index in [0.29, 0.717) is 17.9 Å². The maximum atomic E-state index is 12.7. The quantitative estimate of drug-likeness (QED) is 0.802. The number of hydrogen-bond donors (Lipinski definition) is 1. The lowest BCUT2D eigenvalue weighted by atomic mass is 9.93. The summed E-state index contributed by atoms with van der Waals surface area (Å²) in [6.07, 6.45) is 2.38. The number of nitrogens with zero attached hydrogens (tertiary/aromatic N) is 1. The van der Waals surface area contributed by atoms with Crippen LogP contribution in [0.15, 0.2) is 0 Å². The summed E-state index contributed by atoms with van der Waals surface area (Å²) in [4.78, 5) is 14.8. The lowest BCUT2D eigenvalue weighted by Gasteiger charge is -2.35. The highest BCUT2D eigenvalue weighted by atomic mass is 35.5. The molecule has 0 radical (unpaired) electrons. The van der Waals surface area contributed by atoms with Crippen LogP contribution in [-0.2, 0) is 4.79 Å². The standard InChI is InChI=1S/C15H26N2O.ClH/c1-14(2)12(15(14,3)4)13(18)17-8-6-11-10(9-17)5-7-16-11;/h10-12,16H,5-9H2,1-4H3;1H. The van der Waals surface area contributed by atoms with Crippen molar-refractivity contribution in [2.24, 2.45) is 22.7 Å². The number of halogens is 1. The molecule has 2 unspecified atom stereocenters. The molecular formula is C15H27ClN2O. The average molecular weight is 287 g/mol. The van der Waals surface area contributed by atoms with Gasteiger partial charge in [0, 0.05) is 25.0 Å². The second-order valence-corrected chi connectivity index (χ2v) is 7.56. The fourth-order valence-electron chi connectivity index (χ4n) is 4.24. The molecule has 3 aliphatic rings. The van der Waals surface area contributed by atoms with Crippen molar-refractivity contribution in [2.45, 2.75) is 46.6 Å². The highest BCUT2D eigenvalue weighted by Crippen LogP contribution is 2.68. The molecule has 0 spiro atoms. The van der Waals surface area contributed by atoms with Crippen molar-refractivity contribution in [1.82, 2.24) is 10.2 Å². The van der Waals surface area contributed by atoms with Gasteiger partial charge in [0.05, 0.1) is 0 Å². The van der Waals surface area contributed by atoms with Gasteiger partial charge in [-0.25, -0.2) is 0 Å². The van der Waals surface area contributed by atoms with Crippen molar-refractivity contribution in [1.29, 1.82) is 0 Å². The highest BCUT2D eigenvalue weighted by Gasteiger charge is 2.68. The molecule has 2 saturated heterocycles. The Hall–Kier alpha value is -0.280. The van der Waals surface area contributed by atoms with Crippen LogP contribution in [0, 0.1) is 22.7 Å². The first-order valence-electron chi connectivity index (χ1n) is 7.38. The molecule has 1 amide bonds. The van der Waals surface area contributed by atoms with E-state index in [-0.39, 0.29) is 29.2 Å². The van der Waals surface area contributed by atoms with E-state index in [4.69, 9.17) is 0 Å². The molecule has 0 aromatic carbocycles. The monoisotopic (exact) mass is 286 g/mol. The summed E-state index contributed by atoms with van der Waals surface area (Å²) < 4.78 is 0. The van der Waals surface area contributed by atoms with Crippen LogP contribution in [-0.4, -0.2) is 36.5 Å². The van der Waals surface area contributed by atoms with Crippen molar-refractivity contribution in [2.75, 3.05) is 19.6 Å². The number of carbonyl (C=O) groups excluding carboxylic acids is 1. The summed E-state index contributed by atoms with van der Waals surface area (Å²) in [5, 5.41) is 3.56. The van der Waals surface area contributed by atoms with Gasteiger partial charge in [-0.1, -0.05) is 27.7 Å². The first kappa shape index (κ1) is 15.1. The van der Waals surface area contributed by atoms with Gasteiger partial charge in [0.2, 0.25) is 5.91 Å². The Morgan fingerprint density at radius 1 is 1.16 bits per heavy atom. The third-order valence-electron chi connectivity index (χ3n) is 6.23. The van der Waals surface area contributed by atoms with Gasteiger partial charge in [-0.2, -0.15) is 0 Å². The van der Waals surface area contributed by atoms with Crippen molar-refractivity contribution < 1.29 is 4.79 Å². The fraction of sp³-hybridized carbons (Fsp3) is 0.933. The second-order valence-electron chi connectivity index (χ2n) is 7.56. The Balaban J connectivity index is 0.00000133. The van der Waals surface area contributed by atoms with Gasteiger partial charge in [0.1, 0.15) is 0 Å². The first-order valence-corrected chi connectivity index (χ1v) is 7.38. The number of piperidine rings is 1. The second kappa shape index (κ2) is 4.63. The molecule has 1 aliphatic carbocycles. The number of carbonyl (C=O) groups is 1. The van der Waals surface area contributed by atoms with E-state index in [2.05, 4.69) is 37.9 Å². The van der Waals surface area contributed by atoms with Gasteiger partial charge in [0.15, 0.2) is 0 Å². The third-order valence-corrected chi connectivity index (χ3v) is 6.23. The van der Waals surface area contributed by atoms with E-state index < -0.39 is 0 Å². The molecule has 110 valence electrons. The van der Waals surface area contributed by atoms with E-state index in [1.54, 1.807) is 0 Å². The molecule has 3 rings (SSSR count). The number of likely N-dealkylation sites (tertiary alicyclic amines) is 1. The molecule has 4 heteroatoms. The molecule has 0 bridgehead atoms. The molecule has 2 heterocycles. The van der Waals surface area contributed by atoms with Crippen molar-refractivity contribution in [3.05, 3.63) is 0 Å². The minimum absolute atomic E-state index is 0. The summed E-state index contributed by atoms with van der Waals surface area (Å²) in [5.74, 6) is 1.35. The van der Waals surface area contributed by atoms with Crippen LogP contribution in [0.4, 0.5) is 0 Å². The fourth-order valence-corrected chi connectivity index (χ4v) is 4.24. The molecule has 1 N–H and O–H groups in total. The van der Waals surface area contributed by atoms with Gasteiger partial charge >= 0.3 is 0 Å². The highest BCUT2D eigenvalue weighted by molar-refractivity contribution is 5.85. The van der Waals surface area contributed by atoms with Gasteiger partial charge in [-0.05, 0) is 36.1 Å². The topological polar surface area (TPSA) is 32.3 Å². The Morgan fingerprint density at radius 2 is 1.79 bits per heavy atom. The minimum atomic E-state index is 0.